The molecule has 0 radical (unpaired) electrons. The molecule has 0 aliphatic rings. The molecular formula is C9H5F9N2O2. The summed E-state index contributed by atoms with van der Waals surface area (Å²) >= 11 is 0. The fourth-order valence-corrected chi connectivity index (χ4v) is 1.36. The molecular weight excluding hydrogens is 339 g/mol. The van der Waals surface area contributed by atoms with Crippen LogP contribution in [0.4, 0.5) is 39.5 Å². The van der Waals surface area contributed by atoms with Gasteiger partial charge in [-0.3, -0.25) is 4.68 Å². The normalized spacial score (nSPS) is 14.3. The third kappa shape index (κ3) is 2.37. The second-order valence-electron chi connectivity index (χ2n) is 4.06. The molecule has 1 heterocycles. The topological polar surface area (TPSA) is 55.1 Å². The molecule has 0 atom stereocenters. The SMILES string of the molecule is Cn1nc(C(F)(F)C(F)(F)C(F)(F)C(F)(F)F)cc1C(=O)O. The number of aromatic carboxylic acids is 1. The van der Waals surface area contributed by atoms with Gasteiger partial charge in [0.25, 0.3) is 0 Å². The Hall–Kier alpha value is -1.95. The lowest BCUT2D eigenvalue weighted by Gasteiger charge is -2.32. The van der Waals surface area contributed by atoms with Gasteiger partial charge >= 0.3 is 29.9 Å². The number of carboxylic acids is 1. The van der Waals surface area contributed by atoms with Crippen molar-refractivity contribution in [1.29, 1.82) is 0 Å². The van der Waals surface area contributed by atoms with E-state index in [1.165, 1.54) is 0 Å². The third-order valence-electron chi connectivity index (χ3n) is 2.57. The van der Waals surface area contributed by atoms with Crippen LogP contribution in [0, 0.1) is 0 Å². The van der Waals surface area contributed by atoms with E-state index in [0.717, 1.165) is 0 Å². The smallest absolute Gasteiger partial charge is 0.460 e. The zero-order valence-electron chi connectivity index (χ0n) is 10.2. The molecule has 0 saturated heterocycles. The fraction of sp³-hybridized carbons (Fsp3) is 0.556. The van der Waals surface area contributed by atoms with Crippen molar-refractivity contribution in [2.45, 2.75) is 23.9 Å². The highest BCUT2D eigenvalue weighted by molar-refractivity contribution is 5.85. The van der Waals surface area contributed by atoms with Crippen LogP contribution in [0.2, 0.25) is 0 Å². The van der Waals surface area contributed by atoms with Crippen LogP contribution in [-0.4, -0.2) is 38.9 Å². The Morgan fingerprint density at radius 3 is 1.82 bits per heavy atom. The maximum Gasteiger partial charge on any atom is 0.460 e. The Morgan fingerprint density at radius 1 is 1.05 bits per heavy atom. The minimum Gasteiger partial charge on any atom is -0.477 e. The van der Waals surface area contributed by atoms with Gasteiger partial charge in [-0.25, -0.2) is 4.79 Å². The van der Waals surface area contributed by atoms with E-state index in [1.54, 1.807) is 0 Å². The number of carbonyl (C=O) groups is 1. The van der Waals surface area contributed by atoms with Crippen LogP contribution >= 0.6 is 0 Å². The van der Waals surface area contributed by atoms with Gasteiger partial charge < -0.3 is 5.11 Å². The molecule has 13 heteroatoms. The summed E-state index contributed by atoms with van der Waals surface area (Å²) < 4.78 is 114. The second kappa shape index (κ2) is 4.78. The van der Waals surface area contributed by atoms with Crippen molar-refractivity contribution in [3.05, 3.63) is 17.5 Å². The fourth-order valence-electron chi connectivity index (χ4n) is 1.36. The van der Waals surface area contributed by atoms with E-state index in [-0.39, 0.29) is 10.7 Å². The van der Waals surface area contributed by atoms with Crippen LogP contribution < -0.4 is 0 Å². The van der Waals surface area contributed by atoms with Crippen molar-refractivity contribution in [1.82, 2.24) is 9.78 Å². The Morgan fingerprint density at radius 2 is 1.50 bits per heavy atom. The lowest BCUT2D eigenvalue weighted by atomic mass is 10.0. The molecule has 0 unspecified atom stereocenters. The zero-order chi connectivity index (χ0) is 17.7. The first-order valence-electron chi connectivity index (χ1n) is 5.05. The molecule has 1 aromatic rings. The van der Waals surface area contributed by atoms with Gasteiger partial charge in [-0.15, -0.1) is 0 Å². The first-order chi connectivity index (χ1) is 9.57. The van der Waals surface area contributed by atoms with Crippen LogP contribution in [0.1, 0.15) is 16.2 Å². The number of nitrogens with zero attached hydrogens (tertiary/aromatic N) is 2. The summed E-state index contributed by atoms with van der Waals surface area (Å²) in [6, 6.07) is -0.220. The second-order valence-corrected chi connectivity index (χ2v) is 4.06. The first-order valence-corrected chi connectivity index (χ1v) is 5.05. The number of hydrogen-bond donors (Lipinski definition) is 1. The molecule has 0 aliphatic heterocycles. The van der Waals surface area contributed by atoms with Crippen molar-refractivity contribution in [2.24, 2.45) is 7.05 Å². The van der Waals surface area contributed by atoms with Crippen molar-refractivity contribution in [3.8, 4) is 0 Å². The van der Waals surface area contributed by atoms with Crippen LogP contribution in [-0.2, 0) is 13.0 Å². The number of hydrogen-bond acceptors (Lipinski definition) is 2. The number of alkyl halides is 9. The highest BCUT2D eigenvalue weighted by atomic mass is 19.4. The number of rotatable bonds is 4. The predicted octanol–water partition coefficient (Wildman–Crippen LogP) is 3.04. The number of carboxylic acid groups (broad SMARTS) is 1. The Bertz CT molecular complexity index is 590. The molecule has 0 fully saturated rings. The number of halogens is 9. The van der Waals surface area contributed by atoms with Crippen LogP contribution in [0.25, 0.3) is 0 Å². The third-order valence-corrected chi connectivity index (χ3v) is 2.57. The average Bonchev–Trinajstić information content (AvgIpc) is 2.69. The molecule has 1 N–H and O–H groups in total. The zero-order valence-corrected chi connectivity index (χ0v) is 10.2. The molecule has 22 heavy (non-hydrogen) atoms. The summed E-state index contributed by atoms with van der Waals surface area (Å²) in [6.07, 6.45) is -6.95. The van der Waals surface area contributed by atoms with Crippen LogP contribution in [0.5, 0.6) is 0 Å². The number of aryl methyl sites for hydroxylation is 1. The molecule has 0 spiro atoms. The minimum absolute atomic E-state index is 0.118. The molecule has 126 valence electrons. The summed E-state index contributed by atoms with van der Waals surface area (Å²) in [5, 5.41) is 11.1. The number of aromatic nitrogens is 2. The Labute approximate surface area is 115 Å². The average molecular weight is 344 g/mol. The summed E-state index contributed by atoms with van der Waals surface area (Å²) in [5.74, 6) is -22.0. The van der Waals surface area contributed by atoms with Crippen LogP contribution in [0.15, 0.2) is 6.07 Å². The van der Waals surface area contributed by atoms with Gasteiger partial charge in [-0.2, -0.15) is 44.6 Å². The van der Waals surface area contributed by atoms with Gasteiger partial charge in [0.15, 0.2) is 0 Å². The van der Waals surface area contributed by atoms with E-state index in [2.05, 4.69) is 5.10 Å². The van der Waals surface area contributed by atoms with Crippen molar-refractivity contribution < 1.29 is 49.4 Å². The molecule has 4 nitrogen and oxygen atoms in total. The molecule has 0 saturated carbocycles. The highest BCUT2D eigenvalue weighted by Gasteiger charge is 2.82. The van der Waals surface area contributed by atoms with E-state index < -0.39 is 41.3 Å². The van der Waals surface area contributed by atoms with E-state index in [0.29, 0.717) is 7.05 Å². The molecule has 0 aromatic carbocycles. The molecule has 1 rings (SSSR count). The summed E-state index contributed by atoms with van der Waals surface area (Å²) in [5.41, 5.74) is -3.35. The predicted molar refractivity (Wildman–Crippen MR) is 50.0 cm³/mol. The minimum atomic E-state index is -7.07. The monoisotopic (exact) mass is 344 g/mol. The van der Waals surface area contributed by atoms with E-state index in [4.69, 9.17) is 5.11 Å². The maximum atomic E-state index is 13.4. The van der Waals surface area contributed by atoms with E-state index in [9.17, 15) is 44.3 Å². The molecule has 0 bridgehead atoms. The van der Waals surface area contributed by atoms with Gasteiger partial charge in [0.2, 0.25) is 0 Å². The van der Waals surface area contributed by atoms with Gasteiger partial charge in [-0.1, -0.05) is 0 Å². The van der Waals surface area contributed by atoms with Crippen molar-refractivity contribution in [3.63, 3.8) is 0 Å². The Balaban J connectivity index is 3.45. The lowest BCUT2D eigenvalue weighted by Crippen LogP contribution is -2.59. The summed E-state index contributed by atoms with van der Waals surface area (Å²) in [4.78, 5) is 10.5. The van der Waals surface area contributed by atoms with Gasteiger partial charge in [-0.05, 0) is 0 Å². The summed E-state index contributed by atoms with van der Waals surface area (Å²) in [6.45, 7) is 0. The van der Waals surface area contributed by atoms with Crippen LogP contribution in [0.3, 0.4) is 0 Å². The standard InChI is InChI=1S/C9H5F9N2O2/c1-20-3(5(21)22)2-4(19-20)6(10,11)7(12,13)8(14,15)9(16,17)18/h2H,1H3,(H,21,22). The largest absolute Gasteiger partial charge is 0.477 e. The summed E-state index contributed by atoms with van der Waals surface area (Å²) in [7, 11) is 0.697. The van der Waals surface area contributed by atoms with Crippen molar-refractivity contribution >= 4 is 5.97 Å². The molecule has 0 aliphatic carbocycles. The quantitative estimate of drug-likeness (QED) is 0.855. The lowest BCUT2D eigenvalue weighted by molar-refractivity contribution is -0.400. The van der Waals surface area contributed by atoms with Gasteiger partial charge in [0.05, 0.1) is 0 Å². The Kier molecular flexibility index (Phi) is 3.93. The van der Waals surface area contributed by atoms with Gasteiger partial charge in [0, 0.05) is 13.1 Å². The molecule has 0 amide bonds. The maximum absolute atomic E-state index is 13.4. The van der Waals surface area contributed by atoms with Crippen molar-refractivity contribution in [2.75, 3.05) is 0 Å². The highest BCUT2D eigenvalue weighted by Crippen LogP contribution is 2.56. The van der Waals surface area contributed by atoms with E-state index in [1.807, 2.05) is 0 Å². The molecule has 1 aromatic heterocycles. The van der Waals surface area contributed by atoms with E-state index >= 15 is 0 Å². The van der Waals surface area contributed by atoms with Gasteiger partial charge in [0.1, 0.15) is 11.4 Å². The first kappa shape index (κ1) is 18.1.